The van der Waals surface area contributed by atoms with Gasteiger partial charge in [-0.2, -0.15) is 4.31 Å². The van der Waals surface area contributed by atoms with Crippen LogP contribution in [0.25, 0.3) is 0 Å². The largest absolute Gasteiger partial charge is 0.317 e. The van der Waals surface area contributed by atoms with E-state index in [-0.39, 0.29) is 10.9 Å². The Morgan fingerprint density at radius 1 is 1.15 bits per heavy atom. The third kappa shape index (κ3) is 3.19. The maximum atomic E-state index is 12.9. The Labute approximate surface area is 120 Å². The Bertz CT molecular complexity index is 537. The van der Waals surface area contributed by atoms with Gasteiger partial charge in [0.2, 0.25) is 10.0 Å². The molecule has 1 aliphatic carbocycles. The number of halogens is 1. The van der Waals surface area contributed by atoms with Crippen LogP contribution in [0.5, 0.6) is 0 Å². The minimum Gasteiger partial charge on any atom is -0.317 e. The van der Waals surface area contributed by atoms with E-state index in [1.54, 1.807) is 7.05 Å². The monoisotopic (exact) mass is 300 g/mol. The Hall–Kier alpha value is -0.980. The van der Waals surface area contributed by atoms with Gasteiger partial charge in [0.05, 0.1) is 4.90 Å². The number of hydrogen-bond donors (Lipinski definition) is 1. The first-order valence-electron chi connectivity index (χ1n) is 6.86. The van der Waals surface area contributed by atoms with Gasteiger partial charge in [-0.25, -0.2) is 12.8 Å². The fourth-order valence-electron chi connectivity index (χ4n) is 2.70. The average molecular weight is 300 g/mol. The molecule has 1 saturated carbocycles. The van der Waals surface area contributed by atoms with E-state index in [9.17, 15) is 12.8 Å². The molecule has 1 aromatic carbocycles. The molecule has 112 valence electrons. The molecule has 1 aliphatic rings. The van der Waals surface area contributed by atoms with Gasteiger partial charge >= 0.3 is 0 Å². The van der Waals surface area contributed by atoms with Gasteiger partial charge < -0.3 is 5.32 Å². The summed E-state index contributed by atoms with van der Waals surface area (Å²) in [6.07, 6.45) is 3.65. The Kier molecular flexibility index (Phi) is 4.78. The van der Waals surface area contributed by atoms with Gasteiger partial charge in [-0.05, 0) is 57.0 Å². The maximum absolute atomic E-state index is 12.9. The van der Waals surface area contributed by atoms with E-state index in [2.05, 4.69) is 5.32 Å². The van der Waals surface area contributed by atoms with Crippen molar-refractivity contribution >= 4 is 10.0 Å². The molecule has 0 spiro atoms. The highest BCUT2D eigenvalue weighted by atomic mass is 32.2. The summed E-state index contributed by atoms with van der Waals surface area (Å²) in [5.74, 6) is -0.430. The van der Waals surface area contributed by atoms with E-state index in [0.717, 1.165) is 25.7 Å². The maximum Gasteiger partial charge on any atom is 0.243 e. The number of nitrogens with one attached hydrogen (secondary N) is 1. The molecule has 0 atom stereocenters. The van der Waals surface area contributed by atoms with Crippen molar-refractivity contribution in [2.24, 2.45) is 0 Å². The lowest BCUT2D eigenvalue weighted by Gasteiger charge is -2.33. The molecule has 1 fully saturated rings. The highest BCUT2D eigenvalue weighted by molar-refractivity contribution is 7.89. The van der Waals surface area contributed by atoms with E-state index in [1.165, 1.54) is 28.6 Å². The van der Waals surface area contributed by atoms with Gasteiger partial charge in [-0.15, -0.1) is 0 Å². The van der Waals surface area contributed by atoms with Crippen molar-refractivity contribution < 1.29 is 12.8 Å². The number of rotatable bonds is 4. The molecular weight excluding hydrogens is 279 g/mol. The van der Waals surface area contributed by atoms with Crippen molar-refractivity contribution in [1.82, 2.24) is 9.62 Å². The highest BCUT2D eigenvalue weighted by Crippen LogP contribution is 2.26. The highest BCUT2D eigenvalue weighted by Gasteiger charge is 2.31. The molecule has 0 bridgehead atoms. The summed E-state index contributed by atoms with van der Waals surface area (Å²) in [5, 5.41) is 3.23. The van der Waals surface area contributed by atoms with Crippen LogP contribution in [0, 0.1) is 5.82 Å². The minimum absolute atomic E-state index is 0.0228. The van der Waals surface area contributed by atoms with E-state index >= 15 is 0 Å². The van der Waals surface area contributed by atoms with Crippen LogP contribution in [0.3, 0.4) is 0 Å². The zero-order chi connectivity index (χ0) is 14.8. The smallest absolute Gasteiger partial charge is 0.243 e. The molecule has 0 heterocycles. The number of benzene rings is 1. The van der Waals surface area contributed by atoms with Gasteiger partial charge in [-0.1, -0.05) is 0 Å². The van der Waals surface area contributed by atoms with Gasteiger partial charge in [0.15, 0.2) is 0 Å². The number of sulfonamides is 1. The summed E-state index contributed by atoms with van der Waals surface area (Å²) >= 11 is 0. The van der Waals surface area contributed by atoms with Crippen molar-refractivity contribution in [3.05, 3.63) is 30.1 Å². The van der Waals surface area contributed by atoms with Crippen molar-refractivity contribution in [2.75, 3.05) is 14.1 Å². The third-order valence-electron chi connectivity index (χ3n) is 4.11. The van der Waals surface area contributed by atoms with Crippen LogP contribution in [0.4, 0.5) is 4.39 Å². The minimum atomic E-state index is -3.53. The lowest BCUT2D eigenvalue weighted by Crippen LogP contribution is -2.42. The third-order valence-corrected chi connectivity index (χ3v) is 6.03. The molecule has 6 heteroatoms. The standard InChI is InChI=1S/C14H21FN2O2S/c1-16-12-5-7-13(8-6-12)17(2)20(18,19)14-9-3-11(15)4-10-14/h3-4,9-10,12-13,16H,5-8H2,1-2H3. The van der Waals surface area contributed by atoms with Crippen molar-refractivity contribution in [1.29, 1.82) is 0 Å². The normalized spacial score (nSPS) is 24.0. The van der Waals surface area contributed by atoms with E-state index in [1.807, 2.05) is 7.05 Å². The average Bonchev–Trinajstić information content (AvgIpc) is 2.47. The van der Waals surface area contributed by atoms with Gasteiger partial charge in [0, 0.05) is 19.1 Å². The molecule has 4 nitrogen and oxygen atoms in total. The first-order valence-corrected chi connectivity index (χ1v) is 8.30. The molecule has 0 radical (unpaired) electrons. The lowest BCUT2D eigenvalue weighted by atomic mass is 9.91. The van der Waals surface area contributed by atoms with Crippen LogP contribution in [0.1, 0.15) is 25.7 Å². The van der Waals surface area contributed by atoms with Crippen LogP contribution in [-0.4, -0.2) is 38.9 Å². The molecule has 20 heavy (non-hydrogen) atoms. The number of nitrogens with zero attached hydrogens (tertiary/aromatic N) is 1. The summed E-state index contributed by atoms with van der Waals surface area (Å²) in [7, 11) is 0.0153. The van der Waals surface area contributed by atoms with E-state index in [0.29, 0.717) is 6.04 Å². The molecule has 0 amide bonds. The molecular formula is C14H21FN2O2S. The van der Waals surface area contributed by atoms with Gasteiger partial charge in [-0.3, -0.25) is 0 Å². The topological polar surface area (TPSA) is 49.4 Å². The summed E-state index contributed by atoms with van der Waals surface area (Å²) < 4.78 is 39.3. The molecule has 0 aromatic heterocycles. The zero-order valence-corrected chi connectivity index (χ0v) is 12.7. The second-order valence-electron chi connectivity index (χ2n) is 5.27. The summed E-state index contributed by atoms with van der Waals surface area (Å²) in [6.45, 7) is 0. The van der Waals surface area contributed by atoms with Crippen molar-refractivity contribution in [2.45, 2.75) is 42.7 Å². The second kappa shape index (κ2) is 6.20. The lowest BCUT2D eigenvalue weighted by molar-refractivity contribution is 0.255. The van der Waals surface area contributed by atoms with Crippen molar-refractivity contribution in [3.63, 3.8) is 0 Å². The Balaban J connectivity index is 2.11. The fourth-order valence-corrected chi connectivity index (χ4v) is 4.11. The van der Waals surface area contributed by atoms with Crippen molar-refractivity contribution in [3.8, 4) is 0 Å². The summed E-state index contributed by atoms with van der Waals surface area (Å²) in [6, 6.07) is 5.50. The van der Waals surface area contributed by atoms with Crippen LogP contribution >= 0.6 is 0 Å². The first-order chi connectivity index (χ1) is 9.45. The molecule has 1 aromatic rings. The Morgan fingerprint density at radius 2 is 1.70 bits per heavy atom. The predicted molar refractivity (Wildman–Crippen MR) is 76.5 cm³/mol. The van der Waals surface area contributed by atoms with Crippen LogP contribution in [-0.2, 0) is 10.0 Å². The SMILES string of the molecule is CNC1CCC(N(C)S(=O)(=O)c2ccc(F)cc2)CC1. The molecule has 0 unspecified atom stereocenters. The second-order valence-corrected chi connectivity index (χ2v) is 7.27. The molecule has 0 aliphatic heterocycles. The molecule has 0 saturated heterocycles. The van der Waals surface area contributed by atoms with E-state index in [4.69, 9.17) is 0 Å². The fraction of sp³-hybridized carbons (Fsp3) is 0.571. The number of hydrogen-bond acceptors (Lipinski definition) is 3. The van der Waals surface area contributed by atoms with Crippen LogP contribution < -0.4 is 5.32 Å². The van der Waals surface area contributed by atoms with Gasteiger partial charge in [0.25, 0.3) is 0 Å². The summed E-state index contributed by atoms with van der Waals surface area (Å²) in [4.78, 5) is 0.150. The van der Waals surface area contributed by atoms with Gasteiger partial charge in [0.1, 0.15) is 5.82 Å². The zero-order valence-electron chi connectivity index (χ0n) is 11.8. The predicted octanol–water partition coefficient (Wildman–Crippen LogP) is 1.98. The first kappa shape index (κ1) is 15.4. The summed E-state index contributed by atoms with van der Waals surface area (Å²) in [5.41, 5.74) is 0. The van der Waals surface area contributed by atoms with Crippen LogP contribution in [0.15, 0.2) is 29.2 Å². The Morgan fingerprint density at radius 3 is 2.20 bits per heavy atom. The van der Waals surface area contributed by atoms with Crippen LogP contribution in [0.2, 0.25) is 0 Å². The molecule has 1 N–H and O–H groups in total. The quantitative estimate of drug-likeness (QED) is 0.925. The van der Waals surface area contributed by atoms with E-state index < -0.39 is 15.8 Å². The molecule has 2 rings (SSSR count).